The van der Waals surface area contributed by atoms with E-state index in [0.717, 1.165) is 6.29 Å². The van der Waals surface area contributed by atoms with Crippen LogP contribution in [-0.4, -0.2) is 25.2 Å². The van der Waals surface area contributed by atoms with E-state index in [2.05, 4.69) is 5.32 Å². The minimum absolute atomic E-state index is 0.157. The van der Waals surface area contributed by atoms with Crippen molar-refractivity contribution < 1.29 is 9.53 Å². The summed E-state index contributed by atoms with van der Waals surface area (Å²) in [5.41, 5.74) is -0.416. The summed E-state index contributed by atoms with van der Waals surface area (Å²) in [6, 6.07) is -0.157. The summed E-state index contributed by atoms with van der Waals surface area (Å²) in [6.07, 6.45) is 0.848. The van der Waals surface area contributed by atoms with Gasteiger partial charge in [0.2, 0.25) is 0 Å². The number of hydrogen-bond donors (Lipinski definition) is 1. The summed E-state index contributed by atoms with van der Waals surface area (Å²) in [4.78, 5) is 10.2. The molecule has 60 valence electrons. The van der Waals surface area contributed by atoms with Crippen molar-refractivity contribution in [3.63, 3.8) is 0 Å². The van der Waals surface area contributed by atoms with Gasteiger partial charge in [0, 0.05) is 7.11 Å². The number of aldehydes is 1. The van der Waals surface area contributed by atoms with Gasteiger partial charge in [-0.05, 0) is 20.8 Å². The average Bonchev–Trinajstić information content (AvgIpc) is 1.87. The molecule has 0 heterocycles. The highest BCUT2D eigenvalue weighted by Crippen LogP contribution is 2.02. The van der Waals surface area contributed by atoms with Crippen molar-refractivity contribution in [1.29, 1.82) is 0 Å². The Hall–Kier alpha value is -0.410. The van der Waals surface area contributed by atoms with E-state index < -0.39 is 5.72 Å². The van der Waals surface area contributed by atoms with E-state index >= 15 is 0 Å². The Balaban J connectivity index is 3.75. The standard InChI is InChI=1S/C7H15NO2/c1-6(5-9)8-7(2,3)10-4/h5-6,8H,1-4H3. The smallest absolute Gasteiger partial charge is 0.136 e. The molecule has 3 heteroatoms. The molecule has 3 nitrogen and oxygen atoms in total. The SMILES string of the molecule is COC(C)(C)NC(C)C=O. The molecule has 0 spiro atoms. The van der Waals surface area contributed by atoms with Crippen LogP contribution in [0.4, 0.5) is 0 Å². The van der Waals surface area contributed by atoms with Crippen LogP contribution in [-0.2, 0) is 9.53 Å². The topological polar surface area (TPSA) is 38.3 Å². The minimum atomic E-state index is -0.416. The lowest BCUT2D eigenvalue weighted by atomic mass is 10.2. The Labute approximate surface area is 61.8 Å². The van der Waals surface area contributed by atoms with Gasteiger partial charge in [-0.2, -0.15) is 0 Å². The molecule has 0 amide bonds. The number of ether oxygens (including phenoxy) is 1. The van der Waals surface area contributed by atoms with Crippen LogP contribution in [0.3, 0.4) is 0 Å². The molecule has 0 aromatic carbocycles. The van der Waals surface area contributed by atoms with Crippen molar-refractivity contribution >= 4 is 6.29 Å². The third-order valence-corrected chi connectivity index (χ3v) is 1.29. The number of carbonyl (C=O) groups is 1. The third-order valence-electron chi connectivity index (χ3n) is 1.29. The zero-order valence-electron chi connectivity index (χ0n) is 6.97. The van der Waals surface area contributed by atoms with Crippen LogP contribution in [0.5, 0.6) is 0 Å². The van der Waals surface area contributed by atoms with Gasteiger partial charge in [0.1, 0.15) is 12.0 Å². The van der Waals surface area contributed by atoms with Crippen molar-refractivity contribution in [2.45, 2.75) is 32.5 Å². The van der Waals surface area contributed by atoms with Crippen LogP contribution >= 0.6 is 0 Å². The average molecular weight is 145 g/mol. The summed E-state index contributed by atoms with van der Waals surface area (Å²) in [7, 11) is 1.60. The molecular weight excluding hydrogens is 130 g/mol. The zero-order valence-corrected chi connectivity index (χ0v) is 6.97. The van der Waals surface area contributed by atoms with E-state index in [1.807, 2.05) is 13.8 Å². The van der Waals surface area contributed by atoms with Crippen molar-refractivity contribution in [3.8, 4) is 0 Å². The Kier molecular flexibility index (Phi) is 3.53. The largest absolute Gasteiger partial charge is 0.364 e. The molecule has 10 heavy (non-hydrogen) atoms. The highest BCUT2D eigenvalue weighted by molar-refractivity contribution is 5.56. The number of rotatable bonds is 4. The van der Waals surface area contributed by atoms with Gasteiger partial charge in [-0.3, -0.25) is 5.32 Å². The summed E-state index contributed by atoms with van der Waals surface area (Å²) in [5.74, 6) is 0. The second-order valence-electron chi connectivity index (χ2n) is 2.78. The molecule has 0 bridgehead atoms. The Morgan fingerprint density at radius 2 is 2.10 bits per heavy atom. The molecule has 0 aromatic heterocycles. The number of carbonyl (C=O) groups excluding carboxylic acids is 1. The first kappa shape index (κ1) is 9.59. The molecule has 0 aliphatic heterocycles. The van der Waals surface area contributed by atoms with E-state index in [0.29, 0.717) is 0 Å². The normalized spacial score (nSPS) is 14.8. The molecule has 0 radical (unpaired) electrons. The fourth-order valence-corrected chi connectivity index (χ4v) is 0.641. The molecule has 0 saturated carbocycles. The summed E-state index contributed by atoms with van der Waals surface area (Å²) >= 11 is 0. The Morgan fingerprint density at radius 3 is 2.40 bits per heavy atom. The van der Waals surface area contributed by atoms with E-state index in [-0.39, 0.29) is 6.04 Å². The highest BCUT2D eigenvalue weighted by atomic mass is 16.5. The quantitative estimate of drug-likeness (QED) is 0.463. The molecule has 0 aliphatic rings. The van der Waals surface area contributed by atoms with Crippen LogP contribution in [0.25, 0.3) is 0 Å². The molecule has 0 aromatic rings. The molecule has 0 fully saturated rings. The van der Waals surface area contributed by atoms with E-state index in [1.165, 1.54) is 0 Å². The van der Waals surface area contributed by atoms with Gasteiger partial charge in [0.05, 0.1) is 6.04 Å². The predicted molar refractivity (Wildman–Crippen MR) is 39.7 cm³/mol. The van der Waals surface area contributed by atoms with Crippen LogP contribution < -0.4 is 5.32 Å². The van der Waals surface area contributed by atoms with Crippen molar-refractivity contribution in [3.05, 3.63) is 0 Å². The first-order valence-corrected chi connectivity index (χ1v) is 3.30. The van der Waals surface area contributed by atoms with Crippen LogP contribution in [0, 0.1) is 0 Å². The highest BCUT2D eigenvalue weighted by Gasteiger charge is 2.17. The fourth-order valence-electron chi connectivity index (χ4n) is 0.641. The molecule has 0 rings (SSSR count). The lowest BCUT2D eigenvalue weighted by Gasteiger charge is -2.26. The number of nitrogens with one attached hydrogen (secondary N) is 1. The number of hydrogen-bond acceptors (Lipinski definition) is 3. The van der Waals surface area contributed by atoms with Gasteiger partial charge in [-0.1, -0.05) is 0 Å². The maximum absolute atomic E-state index is 10.2. The molecule has 0 saturated heterocycles. The van der Waals surface area contributed by atoms with E-state index in [1.54, 1.807) is 14.0 Å². The van der Waals surface area contributed by atoms with Gasteiger partial charge >= 0.3 is 0 Å². The van der Waals surface area contributed by atoms with Crippen molar-refractivity contribution in [2.24, 2.45) is 0 Å². The van der Waals surface area contributed by atoms with Gasteiger partial charge in [-0.15, -0.1) is 0 Å². The zero-order chi connectivity index (χ0) is 8.20. The molecular formula is C7H15NO2. The maximum atomic E-state index is 10.2. The second kappa shape index (κ2) is 3.68. The van der Waals surface area contributed by atoms with Crippen LogP contribution in [0.15, 0.2) is 0 Å². The van der Waals surface area contributed by atoms with Crippen LogP contribution in [0.2, 0.25) is 0 Å². The second-order valence-corrected chi connectivity index (χ2v) is 2.78. The molecule has 1 atom stereocenters. The Morgan fingerprint density at radius 1 is 1.60 bits per heavy atom. The van der Waals surface area contributed by atoms with Crippen molar-refractivity contribution in [2.75, 3.05) is 7.11 Å². The van der Waals surface area contributed by atoms with Gasteiger partial charge in [0.25, 0.3) is 0 Å². The monoisotopic (exact) mass is 145 g/mol. The molecule has 1 unspecified atom stereocenters. The summed E-state index contributed by atoms with van der Waals surface area (Å²) in [6.45, 7) is 5.52. The Bertz CT molecular complexity index is 112. The van der Waals surface area contributed by atoms with Crippen LogP contribution in [0.1, 0.15) is 20.8 Å². The van der Waals surface area contributed by atoms with Gasteiger partial charge < -0.3 is 9.53 Å². The summed E-state index contributed by atoms with van der Waals surface area (Å²) < 4.78 is 5.04. The summed E-state index contributed by atoms with van der Waals surface area (Å²) in [5, 5.41) is 2.97. The maximum Gasteiger partial charge on any atom is 0.136 e. The predicted octanol–water partition coefficient (Wildman–Crippen LogP) is 0.546. The first-order valence-electron chi connectivity index (χ1n) is 3.30. The lowest BCUT2D eigenvalue weighted by molar-refractivity contribution is -0.111. The molecule has 0 aliphatic carbocycles. The van der Waals surface area contributed by atoms with Gasteiger partial charge in [-0.25, -0.2) is 0 Å². The minimum Gasteiger partial charge on any atom is -0.364 e. The van der Waals surface area contributed by atoms with Gasteiger partial charge in [0.15, 0.2) is 0 Å². The van der Waals surface area contributed by atoms with Crippen molar-refractivity contribution in [1.82, 2.24) is 5.32 Å². The third kappa shape index (κ3) is 3.58. The number of methoxy groups -OCH3 is 1. The first-order chi connectivity index (χ1) is 4.52. The van der Waals surface area contributed by atoms with E-state index in [4.69, 9.17) is 4.74 Å². The van der Waals surface area contributed by atoms with E-state index in [9.17, 15) is 4.79 Å². The molecule has 1 N–H and O–H groups in total. The lowest BCUT2D eigenvalue weighted by Crippen LogP contribution is -2.46. The fraction of sp³-hybridized carbons (Fsp3) is 0.857.